The van der Waals surface area contributed by atoms with E-state index in [4.69, 9.17) is 11.6 Å². The Bertz CT molecular complexity index is 948. The molecular formula is C20H24ClFN2O3S. The van der Waals surface area contributed by atoms with Gasteiger partial charge in [0.15, 0.2) is 0 Å². The molecule has 0 aliphatic heterocycles. The highest BCUT2D eigenvalue weighted by Crippen LogP contribution is 2.28. The van der Waals surface area contributed by atoms with Crippen molar-refractivity contribution in [3.05, 3.63) is 64.4 Å². The first-order valence-corrected chi connectivity index (χ1v) is 11.1. The van der Waals surface area contributed by atoms with Crippen molar-refractivity contribution in [1.29, 1.82) is 0 Å². The number of hydrogen-bond acceptors (Lipinski definition) is 3. The smallest absolute Gasteiger partial charge is 0.244 e. The molecule has 2 rings (SSSR count). The lowest BCUT2D eigenvalue weighted by atomic mass is 10.1. The lowest BCUT2D eigenvalue weighted by Crippen LogP contribution is -2.49. The number of hydrogen-bond donors (Lipinski definition) is 1. The summed E-state index contributed by atoms with van der Waals surface area (Å²) < 4.78 is 39.2. The average Bonchev–Trinajstić information content (AvgIpc) is 2.61. The lowest BCUT2D eigenvalue weighted by Gasteiger charge is -2.31. The zero-order valence-electron chi connectivity index (χ0n) is 16.2. The van der Waals surface area contributed by atoms with Gasteiger partial charge in [0.25, 0.3) is 0 Å². The largest absolute Gasteiger partial charge is 0.348 e. The molecule has 2 atom stereocenters. The van der Waals surface area contributed by atoms with Crippen LogP contribution in [0.4, 0.5) is 10.1 Å². The van der Waals surface area contributed by atoms with E-state index in [1.54, 1.807) is 38.1 Å². The number of nitrogens with one attached hydrogen (secondary N) is 1. The van der Waals surface area contributed by atoms with Crippen molar-refractivity contribution in [2.24, 2.45) is 0 Å². The quantitative estimate of drug-likeness (QED) is 0.721. The molecule has 0 aromatic heterocycles. The predicted molar refractivity (Wildman–Crippen MR) is 111 cm³/mol. The molecule has 0 fully saturated rings. The van der Waals surface area contributed by atoms with Gasteiger partial charge in [-0.25, -0.2) is 12.8 Å². The maximum atomic E-state index is 13.1. The second kappa shape index (κ2) is 8.92. The van der Waals surface area contributed by atoms with Crippen LogP contribution in [0.5, 0.6) is 0 Å². The molecule has 2 aromatic rings. The SMILES string of the molecule is CC[C@@H](C(=O)N[C@@H](C)c1ccc(F)cc1)N(c1ccc(C)c(Cl)c1)S(C)(=O)=O. The fraction of sp³-hybridized carbons (Fsp3) is 0.350. The van der Waals surface area contributed by atoms with Gasteiger partial charge in [-0.1, -0.05) is 36.7 Å². The van der Waals surface area contributed by atoms with Gasteiger partial charge in [-0.2, -0.15) is 0 Å². The van der Waals surface area contributed by atoms with E-state index in [9.17, 15) is 17.6 Å². The van der Waals surface area contributed by atoms with Gasteiger partial charge in [0, 0.05) is 5.02 Å². The Morgan fingerprint density at radius 1 is 1.21 bits per heavy atom. The van der Waals surface area contributed by atoms with Gasteiger partial charge in [0.1, 0.15) is 11.9 Å². The molecule has 5 nitrogen and oxygen atoms in total. The van der Waals surface area contributed by atoms with Gasteiger partial charge >= 0.3 is 0 Å². The Balaban J connectivity index is 2.33. The van der Waals surface area contributed by atoms with E-state index in [1.807, 2.05) is 6.92 Å². The molecule has 0 saturated carbocycles. The minimum atomic E-state index is -3.75. The summed E-state index contributed by atoms with van der Waals surface area (Å²) in [6, 6.07) is 9.30. The lowest BCUT2D eigenvalue weighted by molar-refractivity contribution is -0.122. The highest BCUT2D eigenvalue weighted by Gasteiger charge is 2.32. The van der Waals surface area contributed by atoms with E-state index in [2.05, 4.69) is 5.32 Å². The normalized spacial score (nSPS) is 13.6. The van der Waals surface area contributed by atoms with Crippen molar-refractivity contribution >= 4 is 33.2 Å². The number of halogens is 2. The predicted octanol–water partition coefficient (Wildman–Crippen LogP) is 4.21. The summed E-state index contributed by atoms with van der Waals surface area (Å²) in [5.41, 5.74) is 1.85. The summed E-state index contributed by atoms with van der Waals surface area (Å²) in [5, 5.41) is 3.23. The van der Waals surface area contributed by atoms with Gasteiger partial charge in [0.2, 0.25) is 15.9 Å². The van der Waals surface area contributed by atoms with E-state index in [0.29, 0.717) is 16.3 Å². The third kappa shape index (κ3) is 5.23. The highest BCUT2D eigenvalue weighted by atomic mass is 35.5. The maximum Gasteiger partial charge on any atom is 0.244 e. The van der Waals surface area contributed by atoms with Crippen LogP contribution in [-0.2, 0) is 14.8 Å². The van der Waals surface area contributed by atoms with E-state index in [0.717, 1.165) is 16.1 Å². The van der Waals surface area contributed by atoms with Gasteiger partial charge in [-0.15, -0.1) is 0 Å². The van der Waals surface area contributed by atoms with Crippen molar-refractivity contribution in [1.82, 2.24) is 5.32 Å². The van der Waals surface area contributed by atoms with Crippen LogP contribution in [-0.4, -0.2) is 26.6 Å². The highest BCUT2D eigenvalue weighted by molar-refractivity contribution is 7.92. The molecule has 1 N–H and O–H groups in total. The molecule has 8 heteroatoms. The molecular weight excluding hydrogens is 403 g/mol. The Hall–Kier alpha value is -2.12. The first kappa shape index (κ1) is 22.2. The molecule has 0 bridgehead atoms. The van der Waals surface area contributed by atoms with Crippen molar-refractivity contribution in [3.63, 3.8) is 0 Å². The molecule has 0 aliphatic rings. The van der Waals surface area contributed by atoms with E-state index >= 15 is 0 Å². The third-order valence-electron chi connectivity index (χ3n) is 4.47. The number of carbonyl (C=O) groups excluding carboxylic acids is 1. The van der Waals surface area contributed by atoms with Gasteiger partial charge in [0.05, 0.1) is 18.0 Å². The van der Waals surface area contributed by atoms with E-state index in [1.165, 1.54) is 18.2 Å². The van der Waals surface area contributed by atoms with Crippen molar-refractivity contribution < 1.29 is 17.6 Å². The van der Waals surface area contributed by atoms with Crippen LogP contribution >= 0.6 is 11.6 Å². The molecule has 0 unspecified atom stereocenters. The Morgan fingerprint density at radius 2 is 1.82 bits per heavy atom. The second-order valence-electron chi connectivity index (χ2n) is 6.70. The Labute approximate surface area is 170 Å². The van der Waals surface area contributed by atoms with Crippen LogP contribution in [0.2, 0.25) is 5.02 Å². The summed E-state index contributed by atoms with van der Waals surface area (Å²) >= 11 is 6.16. The minimum Gasteiger partial charge on any atom is -0.348 e. The Morgan fingerprint density at radius 3 is 2.32 bits per heavy atom. The Kier molecular flexibility index (Phi) is 7.06. The third-order valence-corrected chi connectivity index (χ3v) is 6.06. The summed E-state index contributed by atoms with van der Waals surface area (Å²) in [5.74, 6) is -0.811. The molecule has 2 aromatic carbocycles. The number of nitrogens with zero attached hydrogens (tertiary/aromatic N) is 1. The molecule has 0 heterocycles. The van der Waals surface area contributed by atoms with Crippen LogP contribution in [0.3, 0.4) is 0 Å². The molecule has 152 valence electrons. The molecule has 0 spiro atoms. The fourth-order valence-electron chi connectivity index (χ4n) is 2.92. The number of carbonyl (C=O) groups is 1. The van der Waals surface area contributed by atoms with Crippen LogP contribution < -0.4 is 9.62 Å². The van der Waals surface area contributed by atoms with Crippen LogP contribution in [0, 0.1) is 12.7 Å². The standard InChI is InChI=1S/C20H24ClFN2O3S/c1-5-19(20(25)23-14(3)15-7-9-16(22)10-8-15)24(28(4,26)27)17-11-6-13(2)18(21)12-17/h6-12,14,19H,5H2,1-4H3,(H,23,25)/t14-,19-/m0/s1. The summed E-state index contributed by atoms with van der Waals surface area (Å²) in [4.78, 5) is 12.9. The maximum absolute atomic E-state index is 13.1. The topological polar surface area (TPSA) is 66.5 Å². The van der Waals surface area contributed by atoms with Crippen molar-refractivity contribution in [2.75, 3.05) is 10.6 Å². The summed E-state index contributed by atoms with van der Waals surface area (Å²) in [7, 11) is -3.75. The monoisotopic (exact) mass is 426 g/mol. The number of anilines is 1. The number of benzene rings is 2. The first-order chi connectivity index (χ1) is 13.0. The van der Waals surface area contributed by atoms with Crippen molar-refractivity contribution in [2.45, 2.75) is 39.3 Å². The number of amides is 1. The number of sulfonamides is 1. The fourth-order valence-corrected chi connectivity index (χ4v) is 4.30. The minimum absolute atomic E-state index is 0.264. The zero-order valence-corrected chi connectivity index (χ0v) is 17.8. The van der Waals surface area contributed by atoms with Crippen molar-refractivity contribution in [3.8, 4) is 0 Å². The molecule has 0 radical (unpaired) electrons. The van der Waals surface area contributed by atoms with Gasteiger partial charge < -0.3 is 5.32 Å². The summed E-state index contributed by atoms with van der Waals surface area (Å²) in [6.45, 7) is 5.30. The van der Waals surface area contributed by atoms with Gasteiger partial charge in [-0.05, 0) is 55.7 Å². The average molecular weight is 427 g/mol. The first-order valence-electron chi connectivity index (χ1n) is 8.86. The zero-order chi connectivity index (χ0) is 21.1. The molecule has 28 heavy (non-hydrogen) atoms. The van der Waals surface area contributed by atoms with Crippen LogP contribution in [0.25, 0.3) is 0 Å². The molecule has 1 amide bonds. The molecule has 0 saturated heterocycles. The summed E-state index contributed by atoms with van der Waals surface area (Å²) in [6.07, 6.45) is 1.32. The molecule has 0 aliphatic carbocycles. The van der Waals surface area contributed by atoms with Crippen LogP contribution in [0.15, 0.2) is 42.5 Å². The van der Waals surface area contributed by atoms with E-state index < -0.39 is 28.0 Å². The van der Waals surface area contributed by atoms with Gasteiger partial charge in [-0.3, -0.25) is 9.10 Å². The van der Waals surface area contributed by atoms with E-state index in [-0.39, 0.29) is 12.2 Å². The van der Waals surface area contributed by atoms with Crippen LogP contribution in [0.1, 0.15) is 37.4 Å². The number of rotatable bonds is 7. The number of aryl methyl sites for hydroxylation is 1. The second-order valence-corrected chi connectivity index (χ2v) is 8.96.